The van der Waals surface area contributed by atoms with Crippen molar-refractivity contribution in [1.82, 2.24) is 10.3 Å². The van der Waals surface area contributed by atoms with Crippen molar-refractivity contribution in [3.63, 3.8) is 0 Å². The van der Waals surface area contributed by atoms with E-state index in [-0.39, 0.29) is 17.5 Å². The second-order valence-electron chi connectivity index (χ2n) is 4.36. The Labute approximate surface area is 104 Å². The van der Waals surface area contributed by atoms with Crippen LogP contribution < -0.4 is 10.6 Å². The Morgan fingerprint density at radius 3 is 3.06 bits per heavy atom. The van der Waals surface area contributed by atoms with Crippen LogP contribution in [0.15, 0.2) is 12.3 Å². The minimum absolute atomic E-state index is 0.0474. The second kappa shape index (κ2) is 5.03. The summed E-state index contributed by atoms with van der Waals surface area (Å²) in [5.74, 6) is -0.966. The number of anilines is 1. The first-order valence-electron chi connectivity index (χ1n) is 5.79. The number of pyridine rings is 1. The Morgan fingerprint density at radius 2 is 2.44 bits per heavy atom. The fourth-order valence-electron chi connectivity index (χ4n) is 1.94. The summed E-state index contributed by atoms with van der Waals surface area (Å²) in [6.07, 6.45) is 2.65. The predicted molar refractivity (Wildman–Crippen MR) is 65.6 cm³/mol. The fourth-order valence-corrected chi connectivity index (χ4v) is 1.94. The minimum atomic E-state index is -1.01. The minimum Gasteiger partial charge on any atom is -0.478 e. The third-order valence-corrected chi connectivity index (χ3v) is 2.89. The lowest BCUT2D eigenvalue weighted by Crippen LogP contribution is -2.32. The van der Waals surface area contributed by atoms with Crippen LogP contribution in [0.5, 0.6) is 0 Å². The van der Waals surface area contributed by atoms with Crippen LogP contribution >= 0.6 is 0 Å². The van der Waals surface area contributed by atoms with E-state index >= 15 is 0 Å². The molecule has 6 heteroatoms. The molecule has 0 saturated carbocycles. The van der Waals surface area contributed by atoms with Crippen LogP contribution in [0.3, 0.4) is 0 Å². The van der Waals surface area contributed by atoms with Crippen LogP contribution in [0.2, 0.25) is 0 Å². The summed E-state index contributed by atoms with van der Waals surface area (Å²) in [5, 5.41) is 14.9. The Hall–Kier alpha value is -2.11. The number of carboxylic acid groups (broad SMARTS) is 1. The SMILES string of the molecule is Cc1cc(NCC2CCC(=O)N2)c(C(=O)O)cn1. The molecule has 1 amide bonds. The van der Waals surface area contributed by atoms with Gasteiger partial charge in [-0.1, -0.05) is 0 Å². The molecule has 1 aliphatic rings. The summed E-state index contributed by atoms with van der Waals surface area (Å²) < 4.78 is 0. The topological polar surface area (TPSA) is 91.3 Å². The second-order valence-corrected chi connectivity index (χ2v) is 4.36. The van der Waals surface area contributed by atoms with Crippen molar-refractivity contribution in [2.45, 2.75) is 25.8 Å². The molecule has 96 valence electrons. The molecule has 1 unspecified atom stereocenters. The van der Waals surface area contributed by atoms with Gasteiger partial charge in [0.1, 0.15) is 5.56 Å². The van der Waals surface area contributed by atoms with E-state index in [1.54, 1.807) is 13.0 Å². The third-order valence-electron chi connectivity index (χ3n) is 2.89. The zero-order valence-electron chi connectivity index (χ0n) is 10.1. The van der Waals surface area contributed by atoms with Crippen molar-refractivity contribution in [3.05, 3.63) is 23.5 Å². The molecule has 1 atom stereocenters. The number of amides is 1. The molecule has 1 aliphatic heterocycles. The van der Waals surface area contributed by atoms with Gasteiger partial charge in [0.05, 0.1) is 5.69 Å². The number of carbonyl (C=O) groups excluding carboxylic acids is 1. The Morgan fingerprint density at radius 1 is 1.67 bits per heavy atom. The first-order chi connectivity index (χ1) is 8.56. The van der Waals surface area contributed by atoms with E-state index in [0.717, 1.165) is 12.1 Å². The first-order valence-corrected chi connectivity index (χ1v) is 5.79. The highest BCUT2D eigenvalue weighted by molar-refractivity contribution is 5.93. The summed E-state index contributed by atoms with van der Waals surface area (Å²) >= 11 is 0. The van der Waals surface area contributed by atoms with Crippen molar-refractivity contribution in [1.29, 1.82) is 0 Å². The first kappa shape index (κ1) is 12.3. The van der Waals surface area contributed by atoms with Crippen LogP contribution in [-0.4, -0.2) is 34.6 Å². The smallest absolute Gasteiger partial charge is 0.339 e. The molecule has 2 heterocycles. The molecule has 18 heavy (non-hydrogen) atoms. The van der Waals surface area contributed by atoms with Crippen molar-refractivity contribution in [2.24, 2.45) is 0 Å². The standard InChI is InChI=1S/C12H15N3O3/c1-7-4-10(9(6-13-7)12(17)18)14-5-8-2-3-11(16)15-8/h4,6,8H,2-3,5H2,1H3,(H,13,14)(H,15,16)(H,17,18). The molecule has 2 rings (SSSR count). The van der Waals surface area contributed by atoms with Gasteiger partial charge < -0.3 is 15.7 Å². The maximum atomic E-state index is 11.1. The van der Waals surface area contributed by atoms with Gasteiger partial charge in [0.2, 0.25) is 5.91 Å². The molecule has 1 aromatic heterocycles. The molecule has 1 fully saturated rings. The van der Waals surface area contributed by atoms with E-state index in [1.807, 2.05) is 0 Å². The maximum absolute atomic E-state index is 11.1. The average Bonchev–Trinajstić information content (AvgIpc) is 2.72. The van der Waals surface area contributed by atoms with Gasteiger partial charge in [0.25, 0.3) is 0 Å². The number of hydrogen-bond acceptors (Lipinski definition) is 4. The van der Waals surface area contributed by atoms with E-state index in [0.29, 0.717) is 18.7 Å². The largest absolute Gasteiger partial charge is 0.478 e. The lowest BCUT2D eigenvalue weighted by molar-refractivity contribution is -0.119. The van der Waals surface area contributed by atoms with Crippen molar-refractivity contribution in [2.75, 3.05) is 11.9 Å². The molecule has 0 radical (unpaired) electrons. The van der Waals surface area contributed by atoms with Gasteiger partial charge in [-0.2, -0.15) is 0 Å². The van der Waals surface area contributed by atoms with E-state index < -0.39 is 5.97 Å². The molecule has 3 N–H and O–H groups in total. The molecule has 0 aliphatic carbocycles. The molecule has 0 bridgehead atoms. The summed E-state index contributed by atoms with van der Waals surface area (Å²) in [5.41, 5.74) is 1.43. The molecular formula is C12H15N3O3. The van der Waals surface area contributed by atoms with Gasteiger partial charge in [-0.05, 0) is 19.4 Å². The van der Waals surface area contributed by atoms with Crippen LogP contribution in [-0.2, 0) is 4.79 Å². The quantitative estimate of drug-likeness (QED) is 0.733. The summed E-state index contributed by atoms with van der Waals surface area (Å²) in [7, 11) is 0. The van der Waals surface area contributed by atoms with Crippen molar-refractivity contribution < 1.29 is 14.7 Å². The molecular weight excluding hydrogens is 234 g/mol. The van der Waals surface area contributed by atoms with Crippen LogP contribution in [0.1, 0.15) is 28.9 Å². The van der Waals surface area contributed by atoms with Crippen molar-refractivity contribution >= 4 is 17.6 Å². The highest BCUT2D eigenvalue weighted by Gasteiger charge is 2.21. The number of nitrogens with zero attached hydrogens (tertiary/aromatic N) is 1. The fraction of sp³-hybridized carbons (Fsp3) is 0.417. The number of nitrogens with one attached hydrogen (secondary N) is 2. The van der Waals surface area contributed by atoms with Crippen molar-refractivity contribution in [3.8, 4) is 0 Å². The number of hydrogen-bond donors (Lipinski definition) is 3. The van der Waals surface area contributed by atoms with Gasteiger partial charge in [0.15, 0.2) is 0 Å². The number of carboxylic acids is 1. The van der Waals surface area contributed by atoms with E-state index in [9.17, 15) is 9.59 Å². The van der Waals surface area contributed by atoms with Crippen LogP contribution in [0, 0.1) is 6.92 Å². The molecule has 1 saturated heterocycles. The van der Waals surface area contributed by atoms with Gasteiger partial charge in [0, 0.05) is 30.9 Å². The van der Waals surface area contributed by atoms with Gasteiger partial charge in [-0.15, -0.1) is 0 Å². The normalized spacial score (nSPS) is 18.5. The Kier molecular flexibility index (Phi) is 3.45. The van der Waals surface area contributed by atoms with E-state index in [4.69, 9.17) is 5.11 Å². The summed E-state index contributed by atoms with van der Waals surface area (Å²) in [6, 6.07) is 1.76. The summed E-state index contributed by atoms with van der Waals surface area (Å²) in [4.78, 5) is 26.0. The Balaban J connectivity index is 2.06. The number of aryl methyl sites for hydroxylation is 1. The molecule has 0 spiro atoms. The van der Waals surface area contributed by atoms with Gasteiger partial charge in [-0.25, -0.2) is 4.79 Å². The summed E-state index contributed by atoms with van der Waals surface area (Å²) in [6.45, 7) is 2.32. The van der Waals surface area contributed by atoms with Gasteiger partial charge in [-0.3, -0.25) is 9.78 Å². The predicted octanol–water partition coefficient (Wildman–Crippen LogP) is 0.779. The zero-order valence-corrected chi connectivity index (χ0v) is 10.1. The van der Waals surface area contributed by atoms with E-state index in [2.05, 4.69) is 15.6 Å². The monoisotopic (exact) mass is 249 g/mol. The third kappa shape index (κ3) is 2.77. The molecule has 1 aromatic rings. The maximum Gasteiger partial charge on any atom is 0.339 e. The average molecular weight is 249 g/mol. The highest BCUT2D eigenvalue weighted by Crippen LogP contribution is 2.16. The van der Waals surface area contributed by atoms with Gasteiger partial charge >= 0.3 is 5.97 Å². The lowest BCUT2D eigenvalue weighted by Gasteiger charge is -2.14. The Bertz CT molecular complexity index is 487. The van der Waals surface area contributed by atoms with Crippen LogP contribution in [0.25, 0.3) is 0 Å². The molecule has 0 aromatic carbocycles. The van der Waals surface area contributed by atoms with E-state index in [1.165, 1.54) is 6.20 Å². The zero-order chi connectivity index (χ0) is 13.1. The number of aromatic carboxylic acids is 1. The van der Waals surface area contributed by atoms with Crippen LogP contribution in [0.4, 0.5) is 5.69 Å². The molecule has 6 nitrogen and oxygen atoms in total. The highest BCUT2D eigenvalue weighted by atomic mass is 16.4. The number of rotatable bonds is 4. The number of carbonyl (C=O) groups is 2. The number of aromatic nitrogens is 1. The lowest BCUT2D eigenvalue weighted by atomic mass is 10.2.